The summed E-state index contributed by atoms with van der Waals surface area (Å²) in [5.74, 6) is 0. The van der Waals surface area contributed by atoms with Gasteiger partial charge in [-0.3, -0.25) is 0 Å². The van der Waals surface area contributed by atoms with Gasteiger partial charge in [0.15, 0.2) is 0 Å². The molecule has 1 aromatic heterocycles. The summed E-state index contributed by atoms with van der Waals surface area (Å²) in [6, 6.07) is 3.64. The van der Waals surface area contributed by atoms with Crippen LogP contribution >= 0.6 is 22.9 Å². The molecule has 2 heterocycles. The highest BCUT2D eigenvalue weighted by molar-refractivity contribution is 7.86. The van der Waals surface area contributed by atoms with Gasteiger partial charge in [-0.15, -0.1) is 17.9 Å². The predicted molar refractivity (Wildman–Crippen MR) is 83.3 cm³/mol. The maximum absolute atomic E-state index is 12.6. The van der Waals surface area contributed by atoms with Gasteiger partial charge in [-0.1, -0.05) is 17.7 Å². The highest BCUT2D eigenvalue weighted by Gasteiger charge is 2.30. The van der Waals surface area contributed by atoms with Crippen LogP contribution in [0.15, 0.2) is 24.8 Å². The van der Waals surface area contributed by atoms with Crippen molar-refractivity contribution >= 4 is 33.1 Å². The molecule has 1 aromatic rings. The molecule has 0 unspecified atom stereocenters. The molecule has 20 heavy (non-hydrogen) atoms. The number of hydrogen-bond donors (Lipinski definition) is 1. The lowest BCUT2D eigenvalue weighted by Crippen LogP contribution is -2.51. The Balaban J connectivity index is 2.15. The molecule has 0 aliphatic carbocycles. The molecule has 2 rings (SSSR count). The summed E-state index contributed by atoms with van der Waals surface area (Å²) < 4.78 is 28.9. The molecule has 0 bridgehead atoms. The Morgan fingerprint density at radius 2 is 2.15 bits per heavy atom. The van der Waals surface area contributed by atoms with Crippen molar-refractivity contribution in [2.24, 2.45) is 0 Å². The van der Waals surface area contributed by atoms with Crippen LogP contribution in [0.25, 0.3) is 0 Å². The Morgan fingerprint density at radius 1 is 1.45 bits per heavy atom. The average Bonchev–Trinajstić information content (AvgIpc) is 2.85. The van der Waals surface area contributed by atoms with Crippen molar-refractivity contribution in [3.05, 3.63) is 34.0 Å². The first-order valence-corrected chi connectivity index (χ1v) is 8.94. The lowest BCUT2D eigenvalue weighted by Gasteiger charge is -2.31. The summed E-state index contributed by atoms with van der Waals surface area (Å²) >= 11 is 7.29. The number of hydrogen-bond acceptors (Lipinski definition) is 4. The quantitative estimate of drug-likeness (QED) is 0.802. The molecule has 0 spiro atoms. The third kappa shape index (κ3) is 3.81. The monoisotopic (exact) mass is 335 g/mol. The highest BCUT2D eigenvalue weighted by atomic mass is 35.5. The van der Waals surface area contributed by atoms with E-state index >= 15 is 0 Å². The SMILES string of the molecule is C=CCN(Cc1ccc(Cl)s1)S(=O)(=O)N1CCNCC1. The number of rotatable bonds is 6. The van der Waals surface area contributed by atoms with E-state index in [9.17, 15) is 8.42 Å². The van der Waals surface area contributed by atoms with Crippen LogP contribution in [0.3, 0.4) is 0 Å². The minimum absolute atomic E-state index is 0.293. The van der Waals surface area contributed by atoms with Crippen molar-refractivity contribution in [1.29, 1.82) is 0 Å². The Labute approximate surface area is 129 Å². The Kier molecular flexibility index (Phi) is 5.59. The summed E-state index contributed by atoms with van der Waals surface area (Å²) in [5.41, 5.74) is 0. The summed E-state index contributed by atoms with van der Waals surface area (Å²) in [5, 5.41) is 3.15. The van der Waals surface area contributed by atoms with Gasteiger partial charge in [-0.05, 0) is 12.1 Å². The zero-order valence-electron chi connectivity index (χ0n) is 11.1. The van der Waals surface area contributed by atoms with Crippen LogP contribution in [-0.4, -0.2) is 49.8 Å². The summed E-state index contributed by atoms with van der Waals surface area (Å²) in [6.45, 7) is 6.64. The number of nitrogens with one attached hydrogen (secondary N) is 1. The molecule has 112 valence electrons. The Morgan fingerprint density at radius 3 is 2.70 bits per heavy atom. The first-order chi connectivity index (χ1) is 9.54. The second-order valence-corrected chi connectivity index (χ2v) is 8.17. The zero-order valence-corrected chi connectivity index (χ0v) is 13.5. The van der Waals surface area contributed by atoms with Crippen LogP contribution in [0.2, 0.25) is 4.34 Å². The van der Waals surface area contributed by atoms with Crippen molar-refractivity contribution in [1.82, 2.24) is 13.9 Å². The van der Waals surface area contributed by atoms with E-state index in [1.165, 1.54) is 19.9 Å². The molecule has 8 heteroatoms. The number of piperazine rings is 1. The van der Waals surface area contributed by atoms with E-state index in [2.05, 4.69) is 11.9 Å². The molecule has 1 fully saturated rings. The second-order valence-electron chi connectivity index (χ2n) is 4.44. The van der Waals surface area contributed by atoms with Crippen molar-refractivity contribution in [3.8, 4) is 0 Å². The van der Waals surface area contributed by atoms with Gasteiger partial charge in [0.1, 0.15) is 0 Å². The second kappa shape index (κ2) is 7.02. The maximum atomic E-state index is 12.6. The van der Waals surface area contributed by atoms with E-state index in [0.29, 0.717) is 43.6 Å². The van der Waals surface area contributed by atoms with Gasteiger partial charge in [-0.25, -0.2) is 0 Å². The fraction of sp³-hybridized carbons (Fsp3) is 0.500. The summed E-state index contributed by atoms with van der Waals surface area (Å²) in [6.07, 6.45) is 1.61. The normalized spacial score (nSPS) is 17.5. The van der Waals surface area contributed by atoms with Gasteiger partial charge in [0.2, 0.25) is 0 Å². The van der Waals surface area contributed by atoms with Gasteiger partial charge in [0.25, 0.3) is 10.2 Å². The van der Waals surface area contributed by atoms with Crippen molar-refractivity contribution < 1.29 is 8.42 Å². The third-order valence-corrected chi connectivity index (χ3v) is 6.19. The minimum Gasteiger partial charge on any atom is -0.314 e. The molecule has 1 N–H and O–H groups in total. The number of thiophene rings is 1. The number of halogens is 1. The molecule has 0 radical (unpaired) electrons. The first-order valence-electron chi connectivity index (χ1n) is 6.35. The van der Waals surface area contributed by atoms with Crippen molar-refractivity contribution in [2.75, 3.05) is 32.7 Å². The molecule has 0 aromatic carbocycles. The van der Waals surface area contributed by atoms with Gasteiger partial charge in [-0.2, -0.15) is 17.0 Å². The zero-order chi connectivity index (χ0) is 14.6. The lowest BCUT2D eigenvalue weighted by atomic mass is 10.4. The van der Waals surface area contributed by atoms with Crippen LogP contribution in [-0.2, 0) is 16.8 Å². The molecule has 1 aliphatic heterocycles. The van der Waals surface area contributed by atoms with Gasteiger partial charge >= 0.3 is 0 Å². The molecule has 0 amide bonds. The van der Waals surface area contributed by atoms with E-state index in [-0.39, 0.29) is 0 Å². The summed E-state index contributed by atoms with van der Waals surface area (Å²) in [7, 11) is -3.46. The van der Waals surface area contributed by atoms with Gasteiger partial charge in [0, 0.05) is 44.1 Å². The van der Waals surface area contributed by atoms with Crippen LogP contribution in [0.4, 0.5) is 0 Å². The van der Waals surface area contributed by atoms with Crippen LogP contribution < -0.4 is 5.32 Å². The van der Waals surface area contributed by atoms with Gasteiger partial charge in [0.05, 0.1) is 4.34 Å². The Hall–Kier alpha value is -0.440. The minimum atomic E-state index is -3.46. The topological polar surface area (TPSA) is 52.7 Å². The van der Waals surface area contributed by atoms with E-state index < -0.39 is 10.2 Å². The maximum Gasteiger partial charge on any atom is 0.282 e. The van der Waals surface area contributed by atoms with Crippen LogP contribution in [0.1, 0.15) is 4.88 Å². The first kappa shape index (κ1) is 15.9. The van der Waals surface area contributed by atoms with Crippen molar-refractivity contribution in [2.45, 2.75) is 6.54 Å². The average molecular weight is 336 g/mol. The molecule has 0 atom stereocenters. The number of nitrogens with zero attached hydrogens (tertiary/aromatic N) is 2. The highest BCUT2D eigenvalue weighted by Crippen LogP contribution is 2.24. The van der Waals surface area contributed by atoms with Crippen LogP contribution in [0, 0.1) is 0 Å². The van der Waals surface area contributed by atoms with E-state index in [1.807, 2.05) is 6.07 Å². The third-order valence-electron chi connectivity index (χ3n) is 3.02. The molecular formula is C12H18ClN3O2S2. The van der Waals surface area contributed by atoms with Crippen molar-refractivity contribution in [3.63, 3.8) is 0 Å². The van der Waals surface area contributed by atoms with E-state index in [0.717, 1.165) is 4.88 Å². The Bertz CT molecular complexity index is 553. The molecular weight excluding hydrogens is 318 g/mol. The fourth-order valence-electron chi connectivity index (χ4n) is 2.03. The lowest BCUT2D eigenvalue weighted by molar-refractivity contribution is 0.317. The summed E-state index contributed by atoms with van der Waals surface area (Å²) in [4.78, 5) is 0.926. The van der Waals surface area contributed by atoms with E-state index in [4.69, 9.17) is 11.6 Å². The molecule has 1 aliphatic rings. The smallest absolute Gasteiger partial charge is 0.282 e. The largest absolute Gasteiger partial charge is 0.314 e. The molecule has 5 nitrogen and oxygen atoms in total. The predicted octanol–water partition coefficient (Wildman–Crippen LogP) is 1.54. The molecule has 0 saturated carbocycles. The van der Waals surface area contributed by atoms with Crippen LogP contribution in [0.5, 0.6) is 0 Å². The molecule has 1 saturated heterocycles. The van der Waals surface area contributed by atoms with Gasteiger partial charge < -0.3 is 5.32 Å². The van der Waals surface area contributed by atoms with E-state index in [1.54, 1.807) is 12.1 Å². The standard InChI is InChI=1S/C12H18ClN3O2S2/c1-2-7-16(10-11-3-4-12(13)19-11)20(17,18)15-8-5-14-6-9-15/h2-4,14H,1,5-10H2. The fourth-order valence-corrected chi connectivity index (χ4v) is 4.78.